The number of hydrogen-bond donors (Lipinski definition) is 0. The maximum Gasteiger partial charge on any atom is 0.278 e. The number of hydrogen-bond acceptors (Lipinski definition) is 4. The molecule has 0 saturated carbocycles. The minimum atomic E-state index is -0.475. The van der Waals surface area contributed by atoms with Gasteiger partial charge in [0.2, 0.25) is 5.43 Å². The number of carbonyl (C=O) groups is 1. The van der Waals surface area contributed by atoms with Crippen LogP contribution >= 0.6 is 23.2 Å². The lowest BCUT2D eigenvalue weighted by Crippen LogP contribution is -2.36. The van der Waals surface area contributed by atoms with Crippen molar-refractivity contribution >= 4 is 29.1 Å². The smallest absolute Gasteiger partial charge is 0.278 e. The predicted octanol–water partition coefficient (Wildman–Crippen LogP) is 4.00. The Morgan fingerprint density at radius 1 is 1.07 bits per heavy atom. The van der Waals surface area contributed by atoms with Crippen molar-refractivity contribution in [3.8, 4) is 11.4 Å². The molecule has 0 aliphatic carbocycles. The molecule has 0 bridgehead atoms. The van der Waals surface area contributed by atoms with E-state index in [1.807, 2.05) is 0 Å². The van der Waals surface area contributed by atoms with Crippen molar-refractivity contribution in [2.24, 2.45) is 0 Å². The lowest BCUT2D eigenvalue weighted by Gasteiger charge is -2.18. The average Bonchev–Trinajstić information content (AvgIpc) is 2.70. The van der Waals surface area contributed by atoms with E-state index in [0.717, 1.165) is 0 Å². The number of likely N-dealkylation sites (N-methyl/N-ethyl adjacent to an activating group) is 1. The third-order valence-electron chi connectivity index (χ3n) is 4.24. The van der Waals surface area contributed by atoms with E-state index in [-0.39, 0.29) is 18.8 Å². The number of nitrogens with zero attached hydrogens (tertiary/aromatic N) is 3. The van der Waals surface area contributed by atoms with Crippen LogP contribution in [0.25, 0.3) is 5.69 Å². The van der Waals surface area contributed by atoms with Crippen LogP contribution in [0.3, 0.4) is 0 Å². The molecule has 0 N–H and O–H groups in total. The summed E-state index contributed by atoms with van der Waals surface area (Å²) >= 11 is 11.8. The predicted molar refractivity (Wildman–Crippen MR) is 113 cm³/mol. The number of aromatic nitrogens is 2. The van der Waals surface area contributed by atoms with Crippen LogP contribution in [0.5, 0.6) is 5.75 Å². The summed E-state index contributed by atoms with van der Waals surface area (Å²) < 4.78 is 7.15. The molecule has 0 atom stereocenters. The molecule has 0 saturated heterocycles. The Labute approximate surface area is 178 Å². The fourth-order valence-corrected chi connectivity index (χ4v) is 2.90. The lowest BCUT2D eigenvalue weighted by molar-refractivity contribution is 0.0764. The third kappa shape index (κ3) is 5.16. The van der Waals surface area contributed by atoms with Gasteiger partial charge in [0.15, 0.2) is 5.69 Å². The highest BCUT2D eigenvalue weighted by Gasteiger charge is 2.19. The van der Waals surface area contributed by atoms with Gasteiger partial charge in [-0.25, -0.2) is 4.68 Å². The van der Waals surface area contributed by atoms with E-state index in [2.05, 4.69) is 5.10 Å². The normalized spacial score (nSPS) is 10.6. The van der Waals surface area contributed by atoms with Gasteiger partial charge in [-0.15, -0.1) is 0 Å². The van der Waals surface area contributed by atoms with Crippen LogP contribution in [-0.2, 0) is 0 Å². The van der Waals surface area contributed by atoms with Gasteiger partial charge >= 0.3 is 0 Å². The van der Waals surface area contributed by atoms with Gasteiger partial charge in [-0.2, -0.15) is 5.10 Å². The summed E-state index contributed by atoms with van der Waals surface area (Å²) in [5, 5.41) is 5.49. The highest BCUT2D eigenvalue weighted by atomic mass is 35.5. The van der Waals surface area contributed by atoms with Crippen LogP contribution in [0.15, 0.2) is 59.4 Å². The molecule has 150 valence electrons. The van der Waals surface area contributed by atoms with Gasteiger partial charge in [0.05, 0.1) is 12.2 Å². The Balaban J connectivity index is 1.73. The zero-order chi connectivity index (χ0) is 21.0. The summed E-state index contributed by atoms with van der Waals surface area (Å²) in [7, 11) is 1.60. The van der Waals surface area contributed by atoms with Crippen molar-refractivity contribution in [2.75, 3.05) is 20.2 Å². The second-order valence-electron chi connectivity index (χ2n) is 6.42. The maximum atomic E-state index is 12.8. The second-order valence-corrected chi connectivity index (χ2v) is 7.29. The summed E-state index contributed by atoms with van der Waals surface area (Å²) in [6.07, 6.45) is 0. The highest BCUT2D eigenvalue weighted by Crippen LogP contribution is 2.16. The van der Waals surface area contributed by atoms with Gasteiger partial charge in [-0.3, -0.25) is 9.59 Å². The highest BCUT2D eigenvalue weighted by molar-refractivity contribution is 6.30. The number of amides is 1. The standard InChI is InChI=1S/C21H19Cl2N3O3/c1-14-13-19(27)20(24-26(14)17-7-3-15(22)4-8-17)21(28)25(2)11-12-29-18-9-5-16(23)6-10-18/h3-10,13H,11-12H2,1-2H3. The second kappa shape index (κ2) is 9.11. The fraction of sp³-hybridized carbons (Fsp3) is 0.190. The van der Waals surface area contributed by atoms with Crippen molar-refractivity contribution in [1.29, 1.82) is 0 Å². The monoisotopic (exact) mass is 431 g/mol. The van der Waals surface area contributed by atoms with Gasteiger partial charge in [-0.1, -0.05) is 23.2 Å². The topological polar surface area (TPSA) is 64.4 Å². The molecular weight excluding hydrogens is 413 g/mol. The first kappa shape index (κ1) is 20.9. The zero-order valence-corrected chi connectivity index (χ0v) is 17.4. The van der Waals surface area contributed by atoms with Crippen LogP contribution in [-0.4, -0.2) is 40.8 Å². The van der Waals surface area contributed by atoms with Crippen molar-refractivity contribution < 1.29 is 9.53 Å². The molecule has 29 heavy (non-hydrogen) atoms. The Bertz CT molecular complexity index is 1060. The van der Waals surface area contributed by atoms with Gasteiger partial charge in [0, 0.05) is 28.9 Å². The van der Waals surface area contributed by atoms with Crippen LogP contribution in [0.2, 0.25) is 10.0 Å². The molecule has 0 unspecified atom stereocenters. The van der Waals surface area contributed by atoms with E-state index in [1.165, 1.54) is 11.0 Å². The van der Waals surface area contributed by atoms with E-state index in [4.69, 9.17) is 27.9 Å². The molecule has 6 nitrogen and oxygen atoms in total. The van der Waals surface area contributed by atoms with Gasteiger partial charge in [0.1, 0.15) is 12.4 Å². The molecule has 8 heteroatoms. The van der Waals surface area contributed by atoms with Crippen LogP contribution in [0, 0.1) is 6.92 Å². The average molecular weight is 432 g/mol. The summed E-state index contributed by atoms with van der Waals surface area (Å²) in [4.78, 5) is 26.5. The quantitative estimate of drug-likeness (QED) is 0.591. The lowest BCUT2D eigenvalue weighted by atomic mass is 10.2. The summed E-state index contributed by atoms with van der Waals surface area (Å²) in [5.41, 5.74) is 0.736. The van der Waals surface area contributed by atoms with Gasteiger partial charge in [-0.05, 0) is 55.5 Å². The molecule has 1 amide bonds. The molecule has 3 aromatic rings. The van der Waals surface area contributed by atoms with Crippen molar-refractivity contribution in [3.05, 3.63) is 86.3 Å². The summed E-state index contributed by atoms with van der Waals surface area (Å²) in [6.45, 7) is 2.31. The molecule has 0 spiro atoms. The van der Waals surface area contributed by atoms with Gasteiger partial charge in [0.25, 0.3) is 5.91 Å². The molecule has 0 aliphatic rings. The zero-order valence-electron chi connectivity index (χ0n) is 15.9. The van der Waals surface area contributed by atoms with E-state index < -0.39 is 11.3 Å². The fourth-order valence-electron chi connectivity index (χ4n) is 2.65. The molecule has 3 rings (SSSR count). The number of halogens is 2. The van der Waals surface area contributed by atoms with E-state index in [0.29, 0.717) is 27.2 Å². The van der Waals surface area contributed by atoms with E-state index in [1.54, 1.807) is 67.2 Å². The third-order valence-corrected chi connectivity index (χ3v) is 4.74. The first-order valence-corrected chi connectivity index (χ1v) is 9.61. The molecule has 0 radical (unpaired) electrons. The number of ether oxygens (including phenoxy) is 1. The number of aryl methyl sites for hydroxylation is 1. The number of carbonyl (C=O) groups excluding carboxylic acids is 1. The Kier molecular flexibility index (Phi) is 6.56. The van der Waals surface area contributed by atoms with Crippen molar-refractivity contribution in [3.63, 3.8) is 0 Å². The molecular formula is C21H19Cl2N3O3. The van der Waals surface area contributed by atoms with Crippen molar-refractivity contribution in [1.82, 2.24) is 14.7 Å². The first-order chi connectivity index (χ1) is 13.8. The van der Waals surface area contributed by atoms with E-state index in [9.17, 15) is 9.59 Å². The minimum Gasteiger partial charge on any atom is -0.492 e. The first-order valence-electron chi connectivity index (χ1n) is 8.86. The summed E-state index contributed by atoms with van der Waals surface area (Å²) in [5.74, 6) is 0.172. The van der Waals surface area contributed by atoms with Crippen LogP contribution in [0.4, 0.5) is 0 Å². The molecule has 1 heterocycles. The Morgan fingerprint density at radius 3 is 2.28 bits per heavy atom. The van der Waals surface area contributed by atoms with Crippen LogP contribution in [0.1, 0.15) is 16.2 Å². The Morgan fingerprint density at radius 2 is 1.66 bits per heavy atom. The SMILES string of the molecule is Cc1cc(=O)c(C(=O)N(C)CCOc2ccc(Cl)cc2)nn1-c1ccc(Cl)cc1. The molecule has 0 fully saturated rings. The number of rotatable bonds is 6. The maximum absolute atomic E-state index is 12.8. The molecule has 2 aromatic carbocycles. The molecule has 1 aromatic heterocycles. The van der Waals surface area contributed by atoms with E-state index >= 15 is 0 Å². The molecule has 0 aliphatic heterocycles. The minimum absolute atomic E-state index is 0.153. The van der Waals surface area contributed by atoms with Crippen LogP contribution < -0.4 is 10.2 Å². The van der Waals surface area contributed by atoms with Crippen molar-refractivity contribution in [2.45, 2.75) is 6.92 Å². The van der Waals surface area contributed by atoms with Gasteiger partial charge < -0.3 is 9.64 Å². The number of benzene rings is 2. The largest absolute Gasteiger partial charge is 0.492 e. The summed E-state index contributed by atoms with van der Waals surface area (Å²) in [6, 6.07) is 15.3. The Hall–Kier alpha value is -2.83.